The molecule has 2 aliphatic rings. The Kier molecular flexibility index (Phi) is 5.91. The molecule has 1 atom stereocenters. The highest BCUT2D eigenvalue weighted by molar-refractivity contribution is 6.02. The molecule has 0 spiro atoms. The van der Waals surface area contributed by atoms with Crippen LogP contribution in [0.1, 0.15) is 18.5 Å². The van der Waals surface area contributed by atoms with Crippen molar-refractivity contribution in [2.75, 3.05) is 24.6 Å². The van der Waals surface area contributed by atoms with Crippen LogP contribution in [0.4, 0.5) is 11.4 Å². The number of benzene rings is 2. The summed E-state index contributed by atoms with van der Waals surface area (Å²) < 4.78 is 7.14. The number of pyridine rings is 1. The smallest absolute Gasteiger partial charge is 0.271 e. The molecular formula is C26H23N7O5. The molecule has 192 valence electrons. The first-order valence-electron chi connectivity index (χ1n) is 12.2. The van der Waals surface area contributed by atoms with Gasteiger partial charge in [0.2, 0.25) is 5.91 Å². The van der Waals surface area contributed by atoms with E-state index in [0.29, 0.717) is 18.7 Å². The highest BCUT2D eigenvalue weighted by Gasteiger charge is 2.34. The Morgan fingerprint density at radius 2 is 2.08 bits per heavy atom. The molecule has 38 heavy (non-hydrogen) atoms. The van der Waals surface area contributed by atoms with Crippen molar-refractivity contribution in [2.45, 2.75) is 25.3 Å². The number of likely N-dealkylation sites (tertiary alicyclic amines) is 1. The molecule has 0 saturated carbocycles. The first kappa shape index (κ1) is 23.5. The van der Waals surface area contributed by atoms with Gasteiger partial charge in [-0.1, -0.05) is 17.3 Å². The molecular weight excluding hydrogens is 490 g/mol. The van der Waals surface area contributed by atoms with E-state index in [2.05, 4.69) is 15.3 Å². The van der Waals surface area contributed by atoms with Gasteiger partial charge in [-0.3, -0.25) is 29.6 Å². The number of non-ortho nitro benzene ring substituents is 1. The molecule has 12 heteroatoms. The lowest BCUT2D eigenvalue weighted by Crippen LogP contribution is -2.48. The Morgan fingerprint density at radius 3 is 2.95 bits per heavy atom. The van der Waals surface area contributed by atoms with E-state index in [1.807, 2.05) is 30.5 Å². The van der Waals surface area contributed by atoms with E-state index in [-0.39, 0.29) is 36.5 Å². The van der Waals surface area contributed by atoms with Gasteiger partial charge in [0.25, 0.3) is 11.6 Å². The lowest BCUT2D eigenvalue weighted by molar-refractivity contribution is -0.384. The number of amides is 2. The van der Waals surface area contributed by atoms with Crippen molar-refractivity contribution in [3.63, 3.8) is 0 Å². The fourth-order valence-electron chi connectivity index (χ4n) is 5.14. The molecule has 6 rings (SSSR count). The van der Waals surface area contributed by atoms with E-state index in [0.717, 1.165) is 35.0 Å². The third-order valence-electron chi connectivity index (χ3n) is 6.98. The SMILES string of the molecule is O=C1COc2ccc([N+](=O)[O-])cc2N1CC(=O)N1CCCC1Cc1cn(-c2cccc3cnccc23)nn1. The van der Waals surface area contributed by atoms with E-state index in [4.69, 9.17) is 4.74 Å². The summed E-state index contributed by atoms with van der Waals surface area (Å²) in [6, 6.07) is 11.8. The predicted octanol–water partition coefficient (Wildman–Crippen LogP) is 2.68. The molecule has 0 radical (unpaired) electrons. The molecule has 0 aliphatic carbocycles. The maximum Gasteiger partial charge on any atom is 0.271 e. The van der Waals surface area contributed by atoms with Gasteiger partial charge in [0.1, 0.15) is 12.3 Å². The molecule has 2 aromatic carbocycles. The van der Waals surface area contributed by atoms with Gasteiger partial charge in [0.05, 0.1) is 28.2 Å². The largest absolute Gasteiger partial charge is 0.482 e. The highest BCUT2D eigenvalue weighted by atomic mass is 16.6. The van der Waals surface area contributed by atoms with E-state index < -0.39 is 10.8 Å². The van der Waals surface area contributed by atoms with Crippen LogP contribution in [-0.2, 0) is 16.0 Å². The maximum absolute atomic E-state index is 13.4. The maximum atomic E-state index is 13.4. The summed E-state index contributed by atoms with van der Waals surface area (Å²) in [5, 5.41) is 21.9. The summed E-state index contributed by atoms with van der Waals surface area (Å²) in [6.07, 6.45) is 7.57. The molecule has 1 unspecified atom stereocenters. The molecule has 12 nitrogen and oxygen atoms in total. The second-order valence-electron chi connectivity index (χ2n) is 9.29. The topological polar surface area (TPSA) is 137 Å². The average molecular weight is 514 g/mol. The van der Waals surface area contributed by atoms with Gasteiger partial charge < -0.3 is 9.64 Å². The van der Waals surface area contributed by atoms with Crippen molar-refractivity contribution >= 4 is 34.0 Å². The first-order chi connectivity index (χ1) is 18.5. The number of nitro benzene ring substituents is 1. The molecule has 2 aliphatic heterocycles. The zero-order valence-electron chi connectivity index (χ0n) is 20.3. The fourth-order valence-corrected chi connectivity index (χ4v) is 5.14. The number of hydrogen-bond acceptors (Lipinski definition) is 8. The zero-order valence-corrected chi connectivity index (χ0v) is 20.3. The number of aromatic nitrogens is 4. The Hall–Kier alpha value is -4.87. The molecule has 1 saturated heterocycles. The Balaban J connectivity index is 1.19. The number of ether oxygens (including phenoxy) is 1. The van der Waals surface area contributed by atoms with E-state index in [9.17, 15) is 19.7 Å². The summed E-state index contributed by atoms with van der Waals surface area (Å²) in [5.41, 5.74) is 1.70. The van der Waals surface area contributed by atoms with Crippen LogP contribution in [0.15, 0.2) is 61.1 Å². The standard InChI is InChI=1S/C26H23N7O5/c34-25(15-31-23-12-20(33(36)37)6-7-24(23)38-16-26(31)35)30-10-2-4-19(30)11-18-14-32(29-28-18)22-5-1-3-17-13-27-9-8-21(17)22/h1,3,5-9,12-14,19H,2,4,10-11,15-16H2. The fraction of sp³-hybridized carbons (Fsp3) is 0.269. The Morgan fingerprint density at radius 1 is 1.18 bits per heavy atom. The van der Waals surface area contributed by atoms with Gasteiger partial charge in [0, 0.05) is 54.3 Å². The van der Waals surface area contributed by atoms with Crippen LogP contribution in [0.2, 0.25) is 0 Å². The molecule has 2 aromatic heterocycles. The summed E-state index contributed by atoms with van der Waals surface area (Å²) in [4.78, 5) is 43.9. The lowest BCUT2D eigenvalue weighted by Gasteiger charge is -2.31. The number of carbonyl (C=O) groups is 2. The summed E-state index contributed by atoms with van der Waals surface area (Å²) >= 11 is 0. The third-order valence-corrected chi connectivity index (χ3v) is 6.98. The van der Waals surface area contributed by atoms with Crippen molar-refractivity contribution < 1.29 is 19.2 Å². The van der Waals surface area contributed by atoms with Crippen LogP contribution in [-0.4, -0.2) is 67.4 Å². The van der Waals surface area contributed by atoms with Gasteiger partial charge in [0.15, 0.2) is 6.61 Å². The van der Waals surface area contributed by atoms with E-state index in [1.54, 1.807) is 22.0 Å². The number of nitro groups is 1. The van der Waals surface area contributed by atoms with Crippen LogP contribution in [0.3, 0.4) is 0 Å². The van der Waals surface area contributed by atoms with Gasteiger partial charge in [-0.25, -0.2) is 4.68 Å². The quantitative estimate of drug-likeness (QED) is 0.284. The number of carbonyl (C=O) groups excluding carboxylic acids is 2. The summed E-state index contributed by atoms with van der Waals surface area (Å²) in [5.74, 6) is -0.314. The van der Waals surface area contributed by atoms with Crippen molar-refractivity contribution in [1.29, 1.82) is 0 Å². The number of nitrogens with zero attached hydrogens (tertiary/aromatic N) is 7. The van der Waals surface area contributed by atoms with Crippen molar-refractivity contribution in [2.24, 2.45) is 0 Å². The van der Waals surface area contributed by atoms with Gasteiger partial charge in [-0.2, -0.15) is 0 Å². The number of hydrogen-bond donors (Lipinski definition) is 0. The van der Waals surface area contributed by atoms with Crippen LogP contribution in [0.5, 0.6) is 5.75 Å². The molecule has 4 heterocycles. The predicted molar refractivity (Wildman–Crippen MR) is 136 cm³/mol. The third kappa shape index (κ3) is 4.29. The lowest BCUT2D eigenvalue weighted by atomic mass is 10.1. The molecule has 0 N–H and O–H groups in total. The first-order valence-corrected chi connectivity index (χ1v) is 12.2. The van der Waals surface area contributed by atoms with E-state index >= 15 is 0 Å². The normalized spacial score (nSPS) is 16.9. The summed E-state index contributed by atoms with van der Waals surface area (Å²) in [7, 11) is 0. The second kappa shape index (κ2) is 9.54. The minimum absolute atomic E-state index is 0.0925. The highest BCUT2D eigenvalue weighted by Crippen LogP contribution is 2.35. The summed E-state index contributed by atoms with van der Waals surface area (Å²) in [6.45, 7) is 0.118. The zero-order chi connectivity index (χ0) is 26.2. The van der Waals surface area contributed by atoms with Crippen molar-refractivity contribution in [1.82, 2.24) is 24.9 Å². The van der Waals surface area contributed by atoms with Crippen molar-refractivity contribution in [3.05, 3.63) is 76.9 Å². The van der Waals surface area contributed by atoms with E-state index in [1.165, 1.54) is 23.1 Å². The molecule has 4 aromatic rings. The minimum Gasteiger partial charge on any atom is -0.482 e. The number of rotatable bonds is 6. The number of anilines is 1. The Labute approximate surface area is 216 Å². The van der Waals surface area contributed by atoms with Crippen LogP contribution >= 0.6 is 0 Å². The van der Waals surface area contributed by atoms with Gasteiger partial charge in [-0.15, -0.1) is 5.10 Å². The average Bonchev–Trinajstić information content (AvgIpc) is 3.59. The minimum atomic E-state index is -0.543. The number of fused-ring (bicyclic) bond motifs is 2. The monoisotopic (exact) mass is 513 g/mol. The Bertz CT molecular complexity index is 1560. The molecule has 2 amide bonds. The van der Waals surface area contributed by atoms with Crippen LogP contribution in [0.25, 0.3) is 16.5 Å². The molecule has 0 bridgehead atoms. The van der Waals surface area contributed by atoms with Crippen molar-refractivity contribution in [3.8, 4) is 11.4 Å². The molecule has 1 fully saturated rings. The van der Waals surface area contributed by atoms with Crippen LogP contribution < -0.4 is 9.64 Å². The van der Waals surface area contributed by atoms with Crippen LogP contribution in [0, 0.1) is 10.1 Å². The van der Waals surface area contributed by atoms with Gasteiger partial charge >= 0.3 is 0 Å². The van der Waals surface area contributed by atoms with Gasteiger partial charge in [-0.05, 0) is 31.0 Å². The second-order valence-corrected chi connectivity index (χ2v) is 9.29.